The molecule has 0 amide bonds. The number of carbonyl (C=O) groups is 2. The number of methoxy groups -OCH3 is 1. The fourth-order valence-corrected chi connectivity index (χ4v) is 3.17. The van der Waals surface area contributed by atoms with Crippen LogP contribution in [0.15, 0.2) is 46.8 Å². The molecule has 1 N–H and O–H groups in total. The van der Waals surface area contributed by atoms with Crippen LogP contribution >= 0.6 is 0 Å². The maximum atomic E-state index is 12.9. The number of nitro groups is 1. The number of nitrogens with one attached hydrogen (secondary N) is 1. The minimum absolute atomic E-state index is 0. The monoisotopic (exact) mass is 430 g/mol. The fraction of sp³-hybridized carbons (Fsp3) is 0.400. The number of nitro benzene ring substituents is 1. The number of para-hydroxylation sites is 1. The predicted octanol–water partition coefficient (Wildman–Crippen LogP) is 2.29. The Morgan fingerprint density at radius 2 is 1.69 bits per heavy atom. The number of hydrogen-bond donors (Lipinski definition) is 1. The van der Waals surface area contributed by atoms with E-state index in [4.69, 9.17) is 9.47 Å². The molecule has 1 atom stereocenters. The van der Waals surface area contributed by atoms with Gasteiger partial charge in [0.05, 0.1) is 35.7 Å². The zero-order valence-corrected chi connectivity index (χ0v) is 16.6. The van der Waals surface area contributed by atoms with E-state index < -0.39 is 22.8 Å². The summed E-state index contributed by atoms with van der Waals surface area (Å²) in [5.74, 6) is -2.16. The summed E-state index contributed by atoms with van der Waals surface area (Å²) in [4.78, 5) is 36.5. The molecule has 0 saturated carbocycles. The topological polar surface area (TPSA) is 108 Å². The molecule has 0 saturated heterocycles. The van der Waals surface area contributed by atoms with E-state index >= 15 is 0 Å². The van der Waals surface area contributed by atoms with Crippen molar-refractivity contribution in [2.45, 2.75) is 33.6 Å². The van der Waals surface area contributed by atoms with Crippen LogP contribution in [0.3, 0.4) is 0 Å². The summed E-state index contributed by atoms with van der Waals surface area (Å²) in [5.41, 5.74) is 1.27. The predicted molar refractivity (Wildman–Crippen MR) is 111 cm³/mol. The van der Waals surface area contributed by atoms with Gasteiger partial charge in [-0.2, -0.15) is 0 Å². The van der Waals surface area contributed by atoms with Crippen molar-refractivity contribution in [1.29, 1.82) is 0 Å². The molecule has 8 nitrogen and oxygen atoms in total. The summed E-state index contributed by atoms with van der Waals surface area (Å²) in [7, 11) is 1.22. The van der Waals surface area contributed by atoms with Gasteiger partial charge in [0.2, 0.25) is 0 Å². The van der Waals surface area contributed by atoms with Crippen molar-refractivity contribution in [2.24, 2.45) is 5.92 Å². The van der Waals surface area contributed by atoms with Crippen LogP contribution in [0.25, 0.3) is 0 Å². The number of esters is 2. The third-order valence-electron chi connectivity index (χ3n) is 4.38. The van der Waals surface area contributed by atoms with Gasteiger partial charge in [-0.1, -0.05) is 32.0 Å². The van der Waals surface area contributed by atoms with E-state index in [1.165, 1.54) is 25.3 Å². The second kappa shape index (κ2) is 10.8. The van der Waals surface area contributed by atoms with Crippen LogP contribution in [-0.4, -0.2) is 68.3 Å². The summed E-state index contributed by atoms with van der Waals surface area (Å²) in [6, 6.07) is 6.03. The molecule has 0 spiro atoms. The molecule has 0 radical (unpaired) electrons. The Bertz CT molecular complexity index is 875. The van der Waals surface area contributed by atoms with E-state index in [0.29, 0.717) is 11.4 Å². The van der Waals surface area contributed by atoms with Gasteiger partial charge in [0.25, 0.3) is 5.69 Å². The van der Waals surface area contributed by atoms with Crippen molar-refractivity contribution in [3.63, 3.8) is 0 Å². The summed E-state index contributed by atoms with van der Waals surface area (Å²) in [5, 5.41) is 14.6. The Morgan fingerprint density at radius 3 is 2.21 bits per heavy atom. The van der Waals surface area contributed by atoms with Crippen molar-refractivity contribution < 1.29 is 24.0 Å². The summed E-state index contributed by atoms with van der Waals surface area (Å²) in [6.45, 7) is 7.32. The number of hydrogen-bond acceptors (Lipinski definition) is 7. The molecule has 1 heterocycles. The van der Waals surface area contributed by atoms with Gasteiger partial charge in [-0.15, -0.1) is 0 Å². The molecule has 1 aliphatic rings. The summed E-state index contributed by atoms with van der Waals surface area (Å²) < 4.78 is 10.3. The minimum atomic E-state index is -0.977. The SMILES string of the molecule is COC(=O)C1=C(C)NC(C)=C(C(=O)OCC(C)C)C1c1ccccc1[N+](=O)[O-].[CaH2]. The van der Waals surface area contributed by atoms with Crippen LogP contribution in [0, 0.1) is 16.0 Å². The normalized spacial score (nSPS) is 16.1. The fourth-order valence-electron chi connectivity index (χ4n) is 3.17. The van der Waals surface area contributed by atoms with Gasteiger partial charge < -0.3 is 14.8 Å². The number of nitrogens with zero attached hydrogens (tertiary/aromatic N) is 1. The van der Waals surface area contributed by atoms with E-state index in [-0.39, 0.29) is 72.7 Å². The first-order chi connectivity index (χ1) is 13.2. The molecule has 9 heteroatoms. The molecule has 0 bridgehead atoms. The molecule has 1 aromatic rings. The van der Waals surface area contributed by atoms with Gasteiger partial charge in [0, 0.05) is 23.0 Å². The van der Waals surface area contributed by atoms with E-state index in [2.05, 4.69) is 5.32 Å². The first-order valence-corrected chi connectivity index (χ1v) is 8.86. The van der Waals surface area contributed by atoms with Gasteiger partial charge >= 0.3 is 49.7 Å². The molecule has 0 aliphatic carbocycles. The molecular weight excluding hydrogens is 404 g/mol. The van der Waals surface area contributed by atoms with Gasteiger partial charge in [-0.25, -0.2) is 9.59 Å². The van der Waals surface area contributed by atoms with Crippen molar-refractivity contribution in [2.75, 3.05) is 13.7 Å². The van der Waals surface area contributed by atoms with E-state index in [1.54, 1.807) is 19.9 Å². The van der Waals surface area contributed by atoms with E-state index in [0.717, 1.165) is 0 Å². The Morgan fingerprint density at radius 1 is 1.14 bits per heavy atom. The Balaban J connectivity index is 0.00000420. The number of dihydropyridines is 1. The molecule has 154 valence electrons. The first-order valence-electron chi connectivity index (χ1n) is 8.86. The zero-order chi connectivity index (χ0) is 21.0. The van der Waals surface area contributed by atoms with Gasteiger partial charge in [0.1, 0.15) is 0 Å². The van der Waals surface area contributed by atoms with E-state index in [1.807, 2.05) is 13.8 Å². The molecule has 2 rings (SSSR count). The molecule has 29 heavy (non-hydrogen) atoms. The Kier molecular flexibility index (Phi) is 9.32. The molecule has 1 aromatic carbocycles. The van der Waals surface area contributed by atoms with Gasteiger partial charge in [-0.3, -0.25) is 10.1 Å². The molecule has 1 unspecified atom stereocenters. The van der Waals surface area contributed by atoms with E-state index in [9.17, 15) is 19.7 Å². The molecule has 1 aliphatic heterocycles. The van der Waals surface area contributed by atoms with Crippen molar-refractivity contribution in [1.82, 2.24) is 5.32 Å². The number of ether oxygens (including phenoxy) is 2. The van der Waals surface area contributed by atoms with Crippen LogP contribution in [0.5, 0.6) is 0 Å². The third-order valence-corrected chi connectivity index (χ3v) is 4.38. The van der Waals surface area contributed by atoms with Crippen LogP contribution in [-0.2, 0) is 19.1 Å². The van der Waals surface area contributed by atoms with Crippen LogP contribution in [0.1, 0.15) is 39.2 Å². The van der Waals surface area contributed by atoms with Crippen LogP contribution in [0.4, 0.5) is 5.69 Å². The number of rotatable bonds is 6. The standard InChI is InChI=1S/C20H24N2O6.Ca.2H/c1-11(2)10-28-20(24)17-13(4)21-12(3)16(19(23)27-5)18(17)14-8-6-7-9-15(14)22(25)26;;;/h6-9,11,18,21H,10H2,1-5H3;;;. The average molecular weight is 431 g/mol. The number of benzene rings is 1. The van der Waals surface area contributed by atoms with Crippen LogP contribution in [0.2, 0.25) is 0 Å². The quantitative estimate of drug-likeness (QED) is 0.319. The Labute approximate surface area is 199 Å². The molecule has 0 fully saturated rings. The van der Waals surface area contributed by atoms with Crippen LogP contribution < -0.4 is 5.32 Å². The van der Waals surface area contributed by atoms with Gasteiger partial charge in [0.15, 0.2) is 0 Å². The maximum absolute atomic E-state index is 12.9. The summed E-state index contributed by atoms with van der Waals surface area (Å²) in [6.07, 6.45) is 0. The van der Waals surface area contributed by atoms with Crippen molar-refractivity contribution in [3.05, 3.63) is 62.5 Å². The average Bonchev–Trinajstić information content (AvgIpc) is 2.64. The third kappa shape index (κ3) is 5.58. The van der Waals surface area contributed by atoms with Gasteiger partial charge in [-0.05, 0) is 19.8 Å². The Hall–Kier alpha value is -1.90. The number of carbonyl (C=O) groups excluding carboxylic acids is 2. The second-order valence-corrected chi connectivity index (χ2v) is 6.94. The first kappa shape index (κ1) is 25.1. The second-order valence-electron chi connectivity index (χ2n) is 6.94. The zero-order valence-electron chi connectivity index (χ0n) is 16.6. The summed E-state index contributed by atoms with van der Waals surface area (Å²) >= 11 is 0. The number of allylic oxidation sites excluding steroid dienone is 2. The molecule has 0 aromatic heterocycles. The molecular formula is C20H26CaN2O6. The van der Waals surface area contributed by atoms with Crippen molar-refractivity contribution >= 4 is 55.4 Å². The van der Waals surface area contributed by atoms with Crippen molar-refractivity contribution in [3.8, 4) is 0 Å².